The number of Topliss-reactive ketones (excluding diaryl/α,β-unsaturated/α-hetero) is 1. The lowest BCUT2D eigenvalue weighted by Gasteiger charge is -2.28. The minimum absolute atomic E-state index is 0.00400. The molecule has 1 atom stereocenters. The van der Waals surface area contributed by atoms with Crippen LogP contribution in [-0.2, 0) is 16.0 Å². The van der Waals surface area contributed by atoms with Gasteiger partial charge in [0.25, 0.3) is 5.89 Å². The molecule has 0 aliphatic carbocycles. The quantitative estimate of drug-likeness (QED) is 0.339. The van der Waals surface area contributed by atoms with Crippen LogP contribution in [0.4, 0.5) is 16.1 Å². The van der Waals surface area contributed by atoms with Crippen LogP contribution < -0.4 is 10.2 Å². The molecule has 1 N–H and O–H groups in total. The summed E-state index contributed by atoms with van der Waals surface area (Å²) in [6.07, 6.45) is -0.763. The summed E-state index contributed by atoms with van der Waals surface area (Å²) in [6.45, 7) is 2.13. The Bertz CT molecular complexity index is 1740. The summed E-state index contributed by atoms with van der Waals surface area (Å²) in [5.74, 6) is -0.219. The van der Waals surface area contributed by atoms with Crippen LogP contribution in [-0.4, -0.2) is 54.2 Å². The zero-order chi connectivity index (χ0) is 27.1. The molecular weight excluding hydrogens is 513 g/mol. The molecule has 2 aromatic heterocycles. The zero-order valence-corrected chi connectivity index (χ0v) is 21.3. The van der Waals surface area contributed by atoms with E-state index >= 15 is 0 Å². The van der Waals surface area contributed by atoms with E-state index in [1.165, 1.54) is 6.07 Å². The average Bonchev–Trinajstić information content (AvgIpc) is 3.58. The van der Waals surface area contributed by atoms with E-state index in [0.29, 0.717) is 48.7 Å². The van der Waals surface area contributed by atoms with E-state index in [9.17, 15) is 9.18 Å². The van der Waals surface area contributed by atoms with E-state index in [2.05, 4.69) is 15.5 Å². The molecule has 10 heteroatoms. The number of ketones is 1. The fourth-order valence-corrected chi connectivity index (χ4v) is 5.21. The van der Waals surface area contributed by atoms with Crippen molar-refractivity contribution in [3.05, 3.63) is 95.3 Å². The highest BCUT2D eigenvalue weighted by atomic mass is 19.1. The molecule has 5 aromatic rings. The van der Waals surface area contributed by atoms with Gasteiger partial charge in [-0.2, -0.15) is 0 Å². The smallest absolute Gasteiger partial charge is 0.317 e. The number of aliphatic imine (C=N–C) groups is 1. The number of carbonyl (C=O) groups excluding carboxylic acids is 1. The number of benzene rings is 3. The van der Waals surface area contributed by atoms with Crippen molar-refractivity contribution in [1.82, 2.24) is 10.2 Å². The second-order valence-corrected chi connectivity index (χ2v) is 9.60. The van der Waals surface area contributed by atoms with E-state index in [4.69, 9.17) is 18.6 Å². The van der Waals surface area contributed by atoms with Gasteiger partial charge in [0.1, 0.15) is 17.1 Å². The number of morpholine rings is 1. The number of anilines is 2. The monoisotopic (exact) mass is 537 g/mol. The van der Waals surface area contributed by atoms with Crippen molar-refractivity contribution in [1.29, 1.82) is 0 Å². The van der Waals surface area contributed by atoms with Crippen molar-refractivity contribution in [2.75, 3.05) is 36.5 Å². The van der Waals surface area contributed by atoms with Crippen LogP contribution in [0.25, 0.3) is 22.6 Å². The SMILES string of the molecule is O=C1Cc2ccccc2C(c2ccccc2)=N[C@@H]1Nc1nnc(-c2oc3cccc(F)c3c2N2CCOCC2)o1. The third-order valence-electron chi connectivity index (χ3n) is 7.09. The molecule has 0 bridgehead atoms. The van der Waals surface area contributed by atoms with Crippen LogP contribution in [0.1, 0.15) is 16.7 Å². The third kappa shape index (κ3) is 4.32. The highest BCUT2D eigenvalue weighted by Gasteiger charge is 2.30. The molecule has 4 heterocycles. The molecule has 9 nitrogen and oxygen atoms in total. The van der Waals surface area contributed by atoms with Gasteiger partial charge in [-0.1, -0.05) is 65.8 Å². The molecule has 0 saturated carbocycles. The van der Waals surface area contributed by atoms with Gasteiger partial charge < -0.3 is 23.8 Å². The Balaban J connectivity index is 1.26. The van der Waals surface area contributed by atoms with Gasteiger partial charge in [0, 0.05) is 30.6 Å². The lowest BCUT2D eigenvalue weighted by Crippen LogP contribution is -2.36. The highest BCUT2D eigenvalue weighted by Crippen LogP contribution is 2.42. The van der Waals surface area contributed by atoms with Gasteiger partial charge >= 0.3 is 6.01 Å². The van der Waals surface area contributed by atoms with Crippen LogP contribution in [0.15, 0.2) is 86.6 Å². The fraction of sp³-hybridized carbons (Fsp3) is 0.200. The van der Waals surface area contributed by atoms with Crippen LogP contribution in [0.3, 0.4) is 0 Å². The van der Waals surface area contributed by atoms with Crippen molar-refractivity contribution in [3.8, 4) is 11.7 Å². The number of carbonyl (C=O) groups is 1. The number of ether oxygens (including phenoxy) is 1. The first-order valence-corrected chi connectivity index (χ1v) is 13.0. The normalized spacial score (nSPS) is 17.4. The average molecular weight is 538 g/mol. The summed E-state index contributed by atoms with van der Waals surface area (Å²) in [6, 6.07) is 22.2. The summed E-state index contributed by atoms with van der Waals surface area (Å²) in [7, 11) is 0. The predicted molar refractivity (Wildman–Crippen MR) is 147 cm³/mol. The molecule has 3 aromatic carbocycles. The number of furan rings is 1. The minimum Gasteiger partial charge on any atom is -0.449 e. The molecular formula is C30H24FN5O4. The number of rotatable bonds is 5. The Hall–Kier alpha value is -4.83. The van der Waals surface area contributed by atoms with Crippen molar-refractivity contribution >= 4 is 34.2 Å². The number of halogens is 1. The van der Waals surface area contributed by atoms with Gasteiger partial charge in [-0.15, -0.1) is 5.10 Å². The van der Waals surface area contributed by atoms with Crippen molar-refractivity contribution in [3.63, 3.8) is 0 Å². The molecule has 1 saturated heterocycles. The molecule has 0 radical (unpaired) electrons. The Morgan fingerprint density at radius 3 is 2.55 bits per heavy atom. The third-order valence-corrected chi connectivity index (χ3v) is 7.09. The van der Waals surface area contributed by atoms with Crippen LogP contribution in [0.2, 0.25) is 0 Å². The van der Waals surface area contributed by atoms with Gasteiger partial charge in [0.15, 0.2) is 11.9 Å². The number of hydrogen-bond acceptors (Lipinski definition) is 9. The molecule has 0 unspecified atom stereocenters. The van der Waals surface area contributed by atoms with Crippen molar-refractivity contribution in [2.24, 2.45) is 4.99 Å². The molecule has 0 amide bonds. The molecule has 40 heavy (non-hydrogen) atoms. The molecule has 200 valence electrons. The topological polar surface area (TPSA) is 106 Å². The highest BCUT2D eigenvalue weighted by molar-refractivity contribution is 6.16. The van der Waals surface area contributed by atoms with Gasteiger partial charge in [0.2, 0.25) is 5.76 Å². The second-order valence-electron chi connectivity index (χ2n) is 9.60. The molecule has 1 fully saturated rings. The number of aromatic nitrogens is 2. The summed E-state index contributed by atoms with van der Waals surface area (Å²) in [5.41, 5.74) is 4.29. The summed E-state index contributed by atoms with van der Waals surface area (Å²) >= 11 is 0. The largest absolute Gasteiger partial charge is 0.449 e. The predicted octanol–water partition coefficient (Wildman–Crippen LogP) is 4.86. The molecule has 0 spiro atoms. The summed E-state index contributed by atoms with van der Waals surface area (Å²) < 4.78 is 32.4. The number of nitrogens with zero attached hydrogens (tertiary/aromatic N) is 4. The first kappa shape index (κ1) is 24.2. The van der Waals surface area contributed by atoms with Gasteiger partial charge in [-0.05, 0) is 17.7 Å². The van der Waals surface area contributed by atoms with Gasteiger partial charge in [-0.25, -0.2) is 4.39 Å². The van der Waals surface area contributed by atoms with Crippen LogP contribution in [0.5, 0.6) is 0 Å². The van der Waals surface area contributed by atoms with Crippen LogP contribution in [0, 0.1) is 5.82 Å². The Morgan fingerprint density at radius 1 is 0.900 bits per heavy atom. The maximum Gasteiger partial charge on any atom is 0.317 e. The van der Waals surface area contributed by atoms with E-state index in [1.54, 1.807) is 12.1 Å². The molecule has 2 aliphatic rings. The van der Waals surface area contributed by atoms with E-state index in [-0.39, 0.29) is 29.9 Å². The fourth-order valence-electron chi connectivity index (χ4n) is 5.21. The van der Waals surface area contributed by atoms with Gasteiger partial charge in [-0.3, -0.25) is 9.79 Å². The maximum atomic E-state index is 15.0. The molecule has 2 aliphatic heterocycles. The van der Waals surface area contributed by atoms with Crippen LogP contribution >= 0.6 is 0 Å². The zero-order valence-electron chi connectivity index (χ0n) is 21.3. The lowest BCUT2D eigenvalue weighted by molar-refractivity contribution is -0.119. The number of nitrogens with one attached hydrogen (secondary N) is 1. The Kier molecular flexibility index (Phi) is 6.09. The first-order valence-electron chi connectivity index (χ1n) is 13.0. The first-order chi connectivity index (χ1) is 19.7. The Morgan fingerprint density at radius 2 is 1.70 bits per heavy atom. The number of fused-ring (bicyclic) bond motifs is 2. The van der Waals surface area contributed by atoms with E-state index in [1.807, 2.05) is 59.5 Å². The Labute approximate surface area is 228 Å². The standard InChI is InChI=1S/C30H24FN5O4/c31-21-11-6-12-23-24(21)26(36-13-15-38-16-14-36)27(39-23)29-34-35-30(40-29)33-28-22(37)17-19-9-4-5-10-20(19)25(32-28)18-7-2-1-3-8-18/h1-12,28H,13-17H2,(H,33,35)/t28-/m1/s1. The van der Waals surface area contributed by atoms with E-state index in [0.717, 1.165) is 16.7 Å². The van der Waals surface area contributed by atoms with Crippen molar-refractivity contribution in [2.45, 2.75) is 12.6 Å². The minimum atomic E-state index is -0.956. The summed E-state index contributed by atoms with van der Waals surface area (Å²) in [4.78, 5) is 20.1. The van der Waals surface area contributed by atoms with E-state index < -0.39 is 12.0 Å². The van der Waals surface area contributed by atoms with Gasteiger partial charge in [0.05, 0.1) is 24.3 Å². The second kappa shape index (κ2) is 10.0. The maximum absolute atomic E-state index is 15.0. The molecule has 7 rings (SSSR count). The number of hydrogen-bond donors (Lipinski definition) is 1. The van der Waals surface area contributed by atoms with Crippen molar-refractivity contribution < 1.29 is 22.8 Å². The summed E-state index contributed by atoms with van der Waals surface area (Å²) in [5, 5.41) is 11.7. The lowest BCUT2D eigenvalue weighted by atomic mass is 9.96.